The Hall–Kier alpha value is -2.40. The van der Waals surface area contributed by atoms with Gasteiger partial charge in [-0.05, 0) is 30.3 Å². The summed E-state index contributed by atoms with van der Waals surface area (Å²) in [5.41, 5.74) is 1.91. The maximum absolute atomic E-state index is 10.9. The highest BCUT2D eigenvalue weighted by Gasteiger charge is 2.06. The van der Waals surface area contributed by atoms with Gasteiger partial charge in [0.15, 0.2) is 5.13 Å². The third-order valence-corrected chi connectivity index (χ3v) is 3.61. The number of fused-ring (bicyclic) bond motifs is 1. The summed E-state index contributed by atoms with van der Waals surface area (Å²) in [6, 6.07) is 14.5. The second-order valence-corrected chi connectivity index (χ2v) is 5.03. The van der Waals surface area contributed by atoms with Crippen LogP contribution in [0.5, 0.6) is 0 Å². The predicted molar refractivity (Wildman–Crippen MR) is 76.3 cm³/mol. The second kappa shape index (κ2) is 4.70. The van der Waals surface area contributed by atoms with Crippen LogP contribution in [0.15, 0.2) is 48.5 Å². The predicted octanol–water partition coefficient (Wildman–Crippen LogP) is 3.74. The summed E-state index contributed by atoms with van der Waals surface area (Å²) in [6.07, 6.45) is 0. The number of hydrogen-bond acceptors (Lipinski definition) is 4. The average molecular weight is 270 g/mol. The molecule has 0 radical (unpaired) electrons. The van der Waals surface area contributed by atoms with Gasteiger partial charge in [0.25, 0.3) is 0 Å². The lowest BCUT2D eigenvalue weighted by atomic mass is 10.2. The first kappa shape index (κ1) is 11.7. The Morgan fingerprint density at radius 1 is 1.16 bits per heavy atom. The molecule has 0 fully saturated rings. The van der Waals surface area contributed by atoms with Gasteiger partial charge in [0.1, 0.15) is 0 Å². The van der Waals surface area contributed by atoms with Crippen molar-refractivity contribution in [2.75, 3.05) is 5.32 Å². The van der Waals surface area contributed by atoms with Crippen LogP contribution in [-0.2, 0) is 0 Å². The van der Waals surface area contributed by atoms with E-state index in [1.807, 2.05) is 30.3 Å². The number of rotatable bonds is 3. The number of carboxylic acids is 1. The Morgan fingerprint density at radius 3 is 2.79 bits per heavy atom. The summed E-state index contributed by atoms with van der Waals surface area (Å²) in [6.45, 7) is 0. The molecule has 0 aliphatic rings. The second-order valence-electron chi connectivity index (χ2n) is 4.00. The number of thiazole rings is 1. The number of benzene rings is 2. The average Bonchev–Trinajstić information content (AvgIpc) is 2.81. The highest BCUT2D eigenvalue weighted by molar-refractivity contribution is 7.22. The number of aromatic nitrogens is 1. The molecule has 2 N–H and O–H groups in total. The van der Waals surface area contributed by atoms with Gasteiger partial charge in [-0.15, -0.1) is 0 Å². The topological polar surface area (TPSA) is 62.2 Å². The molecule has 4 nitrogen and oxygen atoms in total. The first-order chi connectivity index (χ1) is 9.22. The van der Waals surface area contributed by atoms with Crippen molar-refractivity contribution in [3.63, 3.8) is 0 Å². The van der Waals surface area contributed by atoms with E-state index in [1.54, 1.807) is 18.2 Å². The Morgan fingerprint density at radius 2 is 2.00 bits per heavy atom. The van der Waals surface area contributed by atoms with Crippen LogP contribution in [0.3, 0.4) is 0 Å². The number of nitrogens with one attached hydrogen (secondary N) is 1. The fourth-order valence-electron chi connectivity index (χ4n) is 1.78. The van der Waals surface area contributed by atoms with Crippen molar-refractivity contribution in [1.82, 2.24) is 4.98 Å². The van der Waals surface area contributed by atoms with Crippen LogP contribution in [0.25, 0.3) is 10.2 Å². The van der Waals surface area contributed by atoms with Crippen LogP contribution in [0.4, 0.5) is 10.8 Å². The van der Waals surface area contributed by atoms with E-state index in [1.165, 1.54) is 11.3 Å². The number of para-hydroxylation sites is 1. The largest absolute Gasteiger partial charge is 0.478 e. The number of aromatic carboxylic acids is 1. The van der Waals surface area contributed by atoms with Gasteiger partial charge in [-0.1, -0.05) is 29.5 Å². The highest BCUT2D eigenvalue weighted by Crippen LogP contribution is 2.28. The first-order valence-electron chi connectivity index (χ1n) is 5.68. The third-order valence-electron chi connectivity index (χ3n) is 2.65. The van der Waals surface area contributed by atoms with E-state index in [-0.39, 0.29) is 5.56 Å². The van der Waals surface area contributed by atoms with E-state index in [0.717, 1.165) is 21.0 Å². The lowest BCUT2D eigenvalue weighted by Gasteiger charge is -2.02. The van der Waals surface area contributed by atoms with Gasteiger partial charge >= 0.3 is 5.97 Å². The maximum atomic E-state index is 10.9. The third kappa shape index (κ3) is 2.41. The van der Waals surface area contributed by atoms with E-state index < -0.39 is 5.97 Å². The van der Waals surface area contributed by atoms with Crippen LogP contribution in [0, 0.1) is 0 Å². The number of carbonyl (C=O) groups is 1. The van der Waals surface area contributed by atoms with Gasteiger partial charge in [0.05, 0.1) is 15.8 Å². The SMILES string of the molecule is O=C(O)c1cccc(Nc2nc3ccccc3s2)c1. The molecular formula is C14H10N2O2S. The minimum Gasteiger partial charge on any atom is -0.478 e. The Labute approximate surface area is 113 Å². The van der Waals surface area contributed by atoms with Gasteiger partial charge in [-0.25, -0.2) is 9.78 Å². The quantitative estimate of drug-likeness (QED) is 0.761. The van der Waals surface area contributed by atoms with Gasteiger partial charge in [-0.2, -0.15) is 0 Å². The standard InChI is InChI=1S/C14H10N2O2S/c17-13(18)9-4-3-5-10(8-9)15-14-16-11-6-1-2-7-12(11)19-14/h1-8H,(H,15,16)(H,17,18). The molecule has 94 valence electrons. The molecule has 0 bridgehead atoms. The first-order valence-corrected chi connectivity index (χ1v) is 6.50. The minimum absolute atomic E-state index is 0.256. The zero-order valence-corrected chi connectivity index (χ0v) is 10.6. The van der Waals surface area contributed by atoms with Gasteiger partial charge in [-0.3, -0.25) is 0 Å². The highest BCUT2D eigenvalue weighted by atomic mass is 32.1. The van der Waals surface area contributed by atoms with E-state index in [4.69, 9.17) is 5.11 Å². The van der Waals surface area contributed by atoms with E-state index in [0.29, 0.717) is 0 Å². The summed E-state index contributed by atoms with van der Waals surface area (Å²) in [7, 11) is 0. The normalized spacial score (nSPS) is 10.5. The van der Waals surface area contributed by atoms with Crippen LogP contribution < -0.4 is 5.32 Å². The van der Waals surface area contributed by atoms with Crippen molar-refractivity contribution in [2.24, 2.45) is 0 Å². The van der Waals surface area contributed by atoms with Crippen LogP contribution in [0.2, 0.25) is 0 Å². The molecular weight excluding hydrogens is 260 g/mol. The summed E-state index contributed by atoms with van der Waals surface area (Å²) in [5, 5.41) is 12.8. The van der Waals surface area contributed by atoms with Gasteiger partial charge < -0.3 is 10.4 Å². The molecule has 0 saturated carbocycles. The number of nitrogens with zero attached hydrogens (tertiary/aromatic N) is 1. The number of anilines is 2. The summed E-state index contributed by atoms with van der Waals surface area (Å²) >= 11 is 1.54. The molecule has 2 aromatic carbocycles. The molecule has 1 heterocycles. The van der Waals surface area contributed by atoms with Crippen molar-refractivity contribution in [3.8, 4) is 0 Å². The molecule has 5 heteroatoms. The summed E-state index contributed by atoms with van der Waals surface area (Å²) < 4.78 is 1.10. The molecule has 0 aliphatic carbocycles. The number of carboxylic acid groups (broad SMARTS) is 1. The van der Waals surface area contributed by atoms with Crippen molar-refractivity contribution in [3.05, 3.63) is 54.1 Å². The molecule has 19 heavy (non-hydrogen) atoms. The van der Waals surface area contributed by atoms with Crippen molar-refractivity contribution >= 4 is 38.3 Å². The van der Waals surface area contributed by atoms with E-state index in [9.17, 15) is 4.79 Å². The Bertz CT molecular complexity index is 719. The van der Waals surface area contributed by atoms with Crippen LogP contribution in [-0.4, -0.2) is 16.1 Å². The molecule has 0 saturated heterocycles. The molecule has 0 spiro atoms. The lowest BCUT2D eigenvalue weighted by molar-refractivity contribution is 0.0697. The van der Waals surface area contributed by atoms with Crippen molar-refractivity contribution in [2.45, 2.75) is 0 Å². The Balaban J connectivity index is 1.92. The molecule has 0 amide bonds. The van der Waals surface area contributed by atoms with Crippen molar-refractivity contribution < 1.29 is 9.90 Å². The van der Waals surface area contributed by atoms with Gasteiger partial charge in [0.2, 0.25) is 0 Å². The minimum atomic E-state index is -0.937. The zero-order chi connectivity index (χ0) is 13.2. The molecule has 3 aromatic rings. The molecule has 0 atom stereocenters. The van der Waals surface area contributed by atoms with Crippen LogP contribution >= 0.6 is 11.3 Å². The molecule has 1 aromatic heterocycles. The fraction of sp³-hybridized carbons (Fsp3) is 0. The monoisotopic (exact) mass is 270 g/mol. The number of hydrogen-bond donors (Lipinski definition) is 2. The lowest BCUT2D eigenvalue weighted by Crippen LogP contribution is -1.97. The van der Waals surface area contributed by atoms with Crippen molar-refractivity contribution in [1.29, 1.82) is 0 Å². The molecule has 0 unspecified atom stereocenters. The summed E-state index contributed by atoms with van der Waals surface area (Å²) in [4.78, 5) is 15.3. The molecule has 3 rings (SSSR count). The van der Waals surface area contributed by atoms with Gasteiger partial charge in [0, 0.05) is 5.69 Å². The Kier molecular flexibility index (Phi) is 2.89. The van der Waals surface area contributed by atoms with E-state index in [2.05, 4.69) is 10.3 Å². The maximum Gasteiger partial charge on any atom is 0.335 e. The smallest absolute Gasteiger partial charge is 0.335 e. The molecule has 0 aliphatic heterocycles. The fourth-order valence-corrected chi connectivity index (χ4v) is 2.67. The van der Waals surface area contributed by atoms with E-state index >= 15 is 0 Å². The zero-order valence-electron chi connectivity index (χ0n) is 9.83. The summed E-state index contributed by atoms with van der Waals surface area (Å²) in [5.74, 6) is -0.937. The van der Waals surface area contributed by atoms with Crippen LogP contribution in [0.1, 0.15) is 10.4 Å².